The number of aromatic carboxylic acids is 1. The van der Waals surface area contributed by atoms with Gasteiger partial charge in [-0.2, -0.15) is 17.5 Å². The van der Waals surface area contributed by atoms with E-state index < -0.39 is 51.4 Å². The number of anilines is 1. The summed E-state index contributed by atoms with van der Waals surface area (Å²) in [5.41, 5.74) is -6.39. The number of piperazine rings is 1. The topological polar surface area (TPSA) is 99.9 Å². The number of hydrogen-bond donors (Lipinski definition) is 1. The molecule has 0 amide bonds. The molecular formula is C18H17F4N3O5S. The zero-order valence-corrected chi connectivity index (χ0v) is 16.7. The molecule has 1 aromatic carbocycles. The summed E-state index contributed by atoms with van der Waals surface area (Å²) in [7, 11) is -5.47. The Morgan fingerprint density at radius 2 is 1.71 bits per heavy atom. The van der Waals surface area contributed by atoms with Crippen molar-refractivity contribution in [3.8, 4) is 0 Å². The number of hydrogen-bond acceptors (Lipinski definition) is 5. The van der Waals surface area contributed by atoms with Gasteiger partial charge in [0, 0.05) is 43.8 Å². The molecule has 0 radical (unpaired) electrons. The fourth-order valence-electron chi connectivity index (χ4n) is 3.72. The fourth-order valence-corrected chi connectivity index (χ4v) is 4.66. The minimum Gasteiger partial charge on any atom is -0.477 e. The molecular weight excluding hydrogens is 446 g/mol. The molecule has 0 unspecified atom stereocenters. The quantitative estimate of drug-likeness (QED) is 0.698. The number of carboxylic acid groups (broad SMARTS) is 1. The molecule has 1 N–H and O–H groups in total. The highest BCUT2D eigenvalue weighted by atomic mass is 32.2. The SMILES string of the molecule is O=C(O)c1cn(C2CC2)c2cc(N3CCN(S(=O)(=O)C(F)(F)F)CC3)c(F)cc2c1=O. The molecule has 4 rings (SSSR count). The highest BCUT2D eigenvalue weighted by Gasteiger charge is 2.50. The molecule has 31 heavy (non-hydrogen) atoms. The molecule has 0 bridgehead atoms. The van der Waals surface area contributed by atoms with Gasteiger partial charge in [-0.25, -0.2) is 17.6 Å². The summed E-state index contributed by atoms with van der Waals surface area (Å²) in [6.45, 7) is -1.32. The van der Waals surface area contributed by atoms with E-state index in [0.717, 1.165) is 18.9 Å². The van der Waals surface area contributed by atoms with E-state index in [9.17, 15) is 40.7 Å². The third-order valence-electron chi connectivity index (χ3n) is 5.48. The van der Waals surface area contributed by atoms with E-state index in [4.69, 9.17) is 0 Å². The Labute approximate surface area is 173 Å². The van der Waals surface area contributed by atoms with Gasteiger partial charge in [0.25, 0.3) is 0 Å². The van der Waals surface area contributed by atoms with Crippen molar-refractivity contribution in [1.29, 1.82) is 0 Å². The molecule has 0 atom stereocenters. The van der Waals surface area contributed by atoms with Crippen LogP contribution in [0.1, 0.15) is 29.2 Å². The van der Waals surface area contributed by atoms with Crippen molar-refractivity contribution in [3.05, 3.63) is 39.9 Å². The normalized spacial score (nSPS) is 18.5. The molecule has 2 fully saturated rings. The molecule has 1 aliphatic heterocycles. The van der Waals surface area contributed by atoms with Crippen LogP contribution in [0.2, 0.25) is 0 Å². The Kier molecular flexibility index (Phi) is 5.00. The summed E-state index contributed by atoms with van der Waals surface area (Å²) in [5, 5.41) is 9.17. The second-order valence-electron chi connectivity index (χ2n) is 7.47. The number of nitrogens with zero attached hydrogens (tertiary/aromatic N) is 3. The van der Waals surface area contributed by atoms with Crippen molar-refractivity contribution in [3.63, 3.8) is 0 Å². The second kappa shape index (κ2) is 7.19. The molecule has 1 saturated carbocycles. The van der Waals surface area contributed by atoms with Crippen LogP contribution in [-0.4, -0.2) is 60.1 Å². The number of pyridine rings is 1. The lowest BCUT2D eigenvalue weighted by Gasteiger charge is -2.35. The third-order valence-corrected chi connectivity index (χ3v) is 7.11. The molecule has 2 heterocycles. The van der Waals surface area contributed by atoms with E-state index in [0.29, 0.717) is 9.82 Å². The van der Waals surface area contributed by atoms with Crippen LogP contribution in [0.25, 0.3) is 10.9 Å². The third kappa shape index (κ3) is 3.65. The summed E-state index contributed by atoms with van der Waals surface area (Å²) in [5.74, 6) is -2.27. The van der Waals surface area contributed by atoms with Crippen LogP contribution in [0, 0.1) is 5.82 Å². The molecule has 1 aromatic heterocycles. The van der Waals surface area contributed by atoms with E-state index in [-0.39, 0.29) is 30.2 Å². The monoisotopic (exact) mass is 463 g/mol. The summed E-state index contributed by atoms with van der Waals surface area (Å²) in [6.07, 6.45) is 2.75. The van der Waals surface area contributed by atoms with Gasteiger partial charge >= 0.3 is 21.5 Å². The Balaban J connectivity index is 1.71. The van der Waals surface area contributed by atoms with Crippen LogP contribution < -0.4 is 10.3 Å². The summed E-state index contributed by atoms with van der Waals surface area (Å²) in [6, 6.07) is 2.26. The van der Waals surface area contributed by atoms with Crippen LogP contribution in [0.5, 0.6) is 0 Å². The number of sulfonamides is 1. The summed E-state index contributed by atoms with van der Waals surface area (Å²) in [4.78, 5) is 25.3. The van der Waals surface area contributed by atoms with Gasteiger partial charge in [0.15, 0.2) is 0 Å². The van der Waals surface area contributed by atoms with Crippen LogP contribution in [0.15, 0.2) is 23.1 Å². The Morgan fingerprint density at radius 3 is 2.23 bits per heavy atom. The van der Waals surface area contributed by atoms with Crippen molar-refractivity contribution < 1.29 is 35.9 Å². The standard InChI is InChI=1S/C18H17F4N3O5S/c19-13-7-11-14(25(10-1-2-10)9-12(16(11)26)17(27)28)8-15(13)23-3-5-24(6-4-23)31(29,30)18(20,21)22/h7-10H,1-6H2,(H,27,28). The molecule has 1 aliphatic carbocycles. The maximum Gasteiger partial charge on any atom is 0.511 e. The van der Waals surface area contributed by atoms with Crippen LogP contribution in [0.3, 0.4) is 0 Å². The van der Waals surface area contributed by atoms with Crippen LogP contribution >= 0.6 is 0 Å². The maximum atomic E-state index is 14.8. The number of halogens is 4. The van der Waals surface area contributed by atoms with Crippen molar-refractivity contribution >= 4 is 32.6 Å². The Morgan fingerprint density at radius 1 is 1.10 bits per heavy atom. The van der Waals surface area contributed by atoms with Gasteiger partial charge in [-0.3, -0.25) is 4.79 Å². The van der Waals surface area contributed by atoms with Crippen molar-refractivity contribution in [2.24, 2.45) is 0 Å². The first-order valence-corrected chi connectivity index (χ1v) is 10.8. The second-order valence-corrected chi connectivity index (χ2v) is 9.40. The summed E-state index contributed by atoms with van der Waals surface area (Å²) >= 11 is 0. The van der Waals surface area contributed by atoms with Crippen LogP contribution in [0.4, 0.5) is 23.2 Å². The minimum absolute atomic E-state index is 0.00781. The van der Waals surface area contributed by atoms with Gasteiger partial charge in [-0.05, 0) is 25.0 Å². The average Bonchev–Trinajstić information content (AvgIpc) is 3.52. The number of carboxylic acids is 1. The number of benzene rings is 1. The molecule has 168 valence electrons. The lowest BCUT2D eigenvalue weighted by molar-refractivity contribution is -0.0490. The largest absolute Gasteiger partial charge is 0.511 e. The lowest BCUT2D eigenvalue weighted by atomic mass is 10.1. The van der Waals surface area contributed by atoms with E-state index in [2.05, 4.69) is 0 Å². The molecule has 2 aliphatic rings. The molecule has 1 saturated heterocycles. The molecule has 13 heteroatoms. The van der Waals surface area contributed by atoms with E-state index in [1.807, 2.05) is 0 Å². The van der Waals surface area contributed by atoms with E-state index in [1.54, 1.807) is 4.57 Å². The van der Waals surface area contributed by atoms with Gasteiger partial charge in [0.1, 0.15) is 11.4 Å². The average molecular weight is 463 g/mol. The smallest absolute Gasteiger partial charge is 0.477 e. The van der Waals surface area contributed by atoms with Gasteiger partial charge in [0.2, 0.25) is 5.43 Å². The van der Waals surface area contributed by atoms with Crippen molar-refractivity contribution in [2.75, 3.05) is 31.1 Å². The predicted octanol–water partition coefficient (Wildman–Crippen LogP) is 2.15. The number of aromatic nitrogens is 1. The predicted molar refractivity (Wildman–Crippen MR) is 102 cm³/mol. The van der Waals surface area contributed by atoms with Crippen molar-refractivity contribution in [1.82, 2.24) is 8.87 Å². The lowest BCUT2D eigenvalue weighted by Crippen LogP contribution is -2.52. The molecule has 0 spiro atoms. The fraction of sp³-hybridized carbons (Fsp3) is 0.444. The maximum absolute atomic E-state index is 14.8. The number of carbonyl (C=O) groups is 1. The molecule has 2 aromatic rings. The summed E-state index contributed by atoms with van der Waals surface area (Å²) < 4.78 is 78.1. The van der Waals surface area contributed by atoms with Gasteiger partial charge in [-0.15, -0.1) is 0 Å². The first-order chi connectivity index (χ1) is 14.4. The van der Waals surface area contributed by atoms with Crippen LogP contribution in [-0.2, 0) is 10.0 Å². The van der Waals surface area contributed by atoms with Gasteiger partial charge in [0.05, 0.1) is 11.2 Å². The Hall–Kier alpha value is -2.67. The number of alkyl halides is 3. The zero-order chi connectivity index (χ0) is 22.7. The highest BCUT2D eigenvalue weighted by molar-refractivity contribution is 7.90. The van der Waals surface area contributed by atoms with Crippen molar-refractivity contribution in [2.45, 2.75) is 24.4 Å². The van der Waals surface area contributed by atoms with E-state index >= 15 is 0 Å². The number of fused-ring (bicyclic) bond motifs is 1. The molecule has 8 nitrogen and oxygen atoms in total. The highest BCUT2D eigenvalue weighted by Crippen LogP contribution is 2.38. The first kappa shape index (κ1) is 21.6. The zero-order valence-electron chi connectivity index (χ0n) is 15.9. The van der Waals surface area contributed by atoms with Gasteiger partial charge < -0.3 is 14.6 Å². The minimum atomic E-state index is -5.47. The van der Waals surface area contributed by atoms with E-state index in [1.165, 1.54) is 17.2 Å². The van der Waals surface area contributed by atoms with Gasteiger partial charge in [-0.1, -0.05) is 0 Å². The number of rotatable bonds is 4. The Bertz CT molecular complexity index is 1230. The first-order valence-electron chi connectivity index (χ1n) is 9.35.